The standard InChI is InChI=1S/C19H22N2O2/c22-19(16-10-12-23-13-11-16)21-18-8-6-17(7-9-18)20-14-15-4-2-1-3-5-15/h1-9,16,20H,10-14H2,(H,21,22). The van der Waals surface area contributed by atoms with Crippen LogP contribution in [0.5, 0.6) is 0 Å². The van der Waals surface area contributed by atoms with Gasteiger partial charge in [0.2, 0.25) is 5.91 Å². The molecule has 4 heteroatoms. The third kappa shape index (κ3) is 4.57. The van der Waals surface area contributed by atoms with E-state index in [-0.39, 0.29) is 11.8 Å². The van der Waals surface area contributed by atoms with Crippen LogP contribution in [0.1, 0.15) is 18.4 Å². The Morgan fingerprint density at radius 2 is 1.61 bits per heavy atom. The third-order valence-electron chi connectivity index (χ3n) is 4.08. The van der Waals surface area contributed by atoms with E-state index >= 15 is 0 Å². The summed E-state index contributed by atoms with van der Waals surface area (Å²) in [5.74, 6) is 0.165. The summed E-state index contributed by atoms with van der Waals surface area (Å²) in [5, 5.41) is 6.37. The summed E-state index contributed by atoms with van der Waals surface area (Å²) in [6.45, 7) is 2.15. The zero-order valence-corrected chi connectivity index (χ0v) is 13.1. The Balaban J connectivity index is 1.51. The van der Waals surface area contributed by atoms with E-state index in [0.29, 0.717) is 13.2 Å². The van der Waals surface area contributed by atoms with Crippen molar-refractivity contribution in [2.24, 2.45) is 5.92 Å². The molecule has 1 amide bonds. The highest BCUT2D eigenvalue weighted by molar-refractivity contribution is 5.92. The van der Waals surface area contributed by atoms with Crippen molar-refractivity contribution < 1.29 is 9.53 Å². The van der Waals surface area contributed by atoms with Crippen LogP contribution >= 0.6 is 0 Å². The summed E-state index contributed by atoms with van der Waals surface area (Å²) in [6, 6.07) is 18.1. The maximum absolute atomic E-state index is 12.2. The molecule has 120 valence electrons. The fraction of sp³-hybridized carbons (Fsp3) is 0.316. The molecule has 0 radical (unpaired) electrons. The molecule has 0 spiro atoms. The highest BCUT2D eigenvalue weighted by atomic mass is 16.5. The lowest BCUT2D eigenvalue weighted by molar-refractivity contribution is -0.122. The van der Waals surface area contributed by atoms with Crippen LogP contribution in [0.2, 0.25) is 0 Å². The molecule has 2 aromatic rings. The van der Waals surface area contributed by atoms with Gasteiger partial charge in [0.15, 0.2) is 0 Å². The van der Waals surface area contributed by atoms with E-state index in [0.717, 1.165) is 30.8 Å². The average Bonchev–Trinajstić information content (AvgIpc) is 2.63. The second-order valence-corrected chi connectivity index (χ2v) is 5.79. The van der Waals surface area contributed by atoms with Crippen molar-refractivity contribution in [2.75, 3.05) is 23.8 Å². The largest absolute Gasteiger partial charge is 0.381 e. The molecule has 4 nitrogen and oxygen atoms in total. The lowest BCUT2D eigenvalue weighted by atomic mass is 9.99. The van der Waals surface area contributed by atoms with Gasteiger partial charge in [-0.15, -0.1) is 0 Å². The van der Waals surface area contributed by atoms with E-state index < -0.39 is 0 Å². The number of carbonyl (C=O) groups is 1. The monoisotopic (exact) mass is 310 g/mol. The lowest BCUT2D eigenvalue weighted by Gasteiger charge is -2.21. The number of rotatable bonds is 5. The molecule has 2 N–H and O–H groups in total. The van der Waals surface area contributed by atoms with Crippen LogP contribution in [0.4, 0.5) is 11.4 Å². The van der Waals surface area contributed by atoms with E-state index in [1.54, 1.807) is 0 Å². The molecule has 3 rings (SSSR count). The second kappa shape index (κ2) is 7.79. The van der Waals surface area contributed by atoms with E-state index in [1.807, 2.05) is 42.5 Å². The smallest absolute Gasteiger partial charge is 0.227 e. The van der Waals surface area contributed by atoms with Gasteiger partial charge in [-0.2, -0.15) is 0 Å². The van der Waals surface area contributed by atoms with Gasteiger partial charge >= 0.3 is 0 Å². The number of hydrogen-bond acceptors (Lipinski definition) is 3. The number of benzene rings is 2. The predicted molar refractivity (Wildman–Crippen MR) is 92.4 cm³/mol. The summed E-state index contributed by atoms with van der Waals surface area (Å²) in [6.07, 6.45) is 1.62. The second-order valence-electron chi connectivity index (χ2n) is 5.79. The van der Waals surface area contributed by atoms with Gasteiger partial charge in [-0.05, 0) is 42.7 Å². The van der Waals surface area contributed by atoms with Crippen molar-refractivity contribution in [3.8, 4) is 0 Å². The Morgan fingerprint density at radius 1 is 0.957 bits per heavy atom. The molecule has 0 saturated carbocycles. The third-order valence-corrected chi connectivity index (χ3v) is 4.08. The highest BCUT2D eigenvalue weighted by Gasteiger charge is 2.21. The maximum atomic E-state index is 12.2. The molecule has 1 aliphatic heterocycles. The molecule has 0 bridgehead atoms. The molecule has 1 heterocycles. The minimum absolute atomic E-state index is 0.0691. The average molecular weight is 310 g/mol. The number of amides is 1. The number of carbonyl (C=O) groups excluding carboxylic acids is 1. The Kier molecular flexibility index (Phi) is 5.27. The molecule has 2 aromatic carbocycles. The van der Waals surface area contributed by atoms with Crippen molar-refractivity contribution in [1.82, 2.24) is 0 Å². The van der Waals surface area contributed by atoms with Crippen LogP contribution in [0.25, 0.3) is 0 Å². The van der Waals surface area contributed by atoms with Gasteiger partial charge < -0.3 is 15.4 Å². The zero-order valence-electron chi connectivity index (χ0n) is 13.1. The van der Waals surface area contributed by atoms with Gasteiger partial charge in [0, 0.05) is 37.1 Å². The fourth-order valence-corrected chi connectivity index (χ4v) is 2.68. The van der Waals surface area contributed by atoms with Crippen LogP contribution in [0, 0.1) is 5.92 Å². The zero-order chi connectivity index (χ0) is 15.9. The van der Waals surface area contributed by atoms with Crippen molar-refractivity contribution in [2.45, 2.75) is 19.4 Å². The van der Waals surface area contributed by atoms with Crippen LogP contribution in [-0.2, 0) is 16.1 Å². The fourth-order valence-electron chi connectivity index (χ4n) is 2.68. The topological polar surface area (TPSA) is 50.4 Å². The van der Waals surface area contributed by atoms with Crippen molar-refractivity contribution in [1.29, 1.82) is 0 Å². The van der Waals surface area contributed by atoms with Gasteiger partial charge in [-0.3, -0.25) is 4.79 Å². The summed E-state index contributed by atoms with van der Waals surface area (Å²) in [5.41, 5.74) is 3.12. The maximum Gasteiger partial charge on any atom is 0.227 e. The molecule has 0 aliphatic carbocycles. The lowest BCUT2D eigenvalue weighted by Crippen LogP contribution is -2.28. The van der Waals surface area contributed by atoms with E-state index in [9.17, 15) is 4.79 Å². The number of nitrogens with one attached hydrogen (secondary N) is 2. The molecule has 0 atom stereocenters. The van der Waals surface area contributed by atoms with E-state index in [4.69, 9.17) is 4.74 Å². The molecule has 0 unspecified atom stereocenters. The molecular formula is C19H22N2O2. The summed E-state index contributed by atoms with van der Waals surface area (Å²) >= 11 is 0. The van der Waals surface area contributed by atoms with Crippen LogP contribution in [0.15, 0.2) is 54.6 Å². The Hall–Kier alpha value is -2.33. The molecule has 23 heavy (non-hydrogen) atoms. The van der Waals surface area contributed by atoms with Crippen LogP contribution in [-0.4, -0.2) is 19.1 Å². The molecular weight excluding hydrogens is 288 g/mol. The summed E-state index contributed by atoms with van der Waals surface area (Å²) in [7, 11) is 0. The first-order chi connectivity index (χ1) is 11.3. The predicted octanol–water partition coefficient (Wildman–Crippen LogP) is 3.66. The summed E-state index contributed by atoms with van der Waals surface area (Å²) < 4.78 is 5.29. The van der Waals surface area contributed by atoms with E-state index in [2.05, 4.69) is 22.8 Å². The SMILES string of the molecule is O=C(Nc1ccc(NCc2ccccc2)cc1)C1CCOCC1. The van der Waals surface area contributed by atoms with Gasteiger partial charge in [-0.25, -0.2) is 0 Å². The minimum atomic E-state index is 0.0691. The number of ether oxygens (including phenoxy) is 1. The first kappa shape index (κ1) is 15.6. The Labute approximate surface area is 136 Å². The number of hydrogen-bond donors (Lipinski definition) is 2. The van der Waals surface area contributed by atoms with Gasteiger partial charge in [0.05, 0.1) is 0 Å². The van der Waals surface area contributed by atoms with Crippen molar-refractivity contribution >= 4 is 17.3 Å². The minimum Gasteiger partial charge on any atom is -0.381 e. The molecule has 1 aliphatic rings. The molecule has 1 fully saturated rings. The molecule has 1 saturated heterocycles. The van der Waals surface area contributed by atoms with Gasteiger partial charge in [0.25, 0.3) is 0 Å². The summed E-state index contributed by atoms with van der Waals surface area (Å²) in [4.78, 5) is 12.2. The van der Waals surface area contributed by atoms with Gasteiger partial charge in [0.1, 0.15) is 0 Å². The number of anilines is 2. The molecule has 0 aromatic heterocycles. The first-order valence-corrected chi connectivity index (χ1v) is 8.08. The Bertz CT molecular complexity index is 620. The van der Waals surface area contributed by atoms with Crippen molar-refractivity contribution in [3.63, 3.8) is 0 Å². The Morgan fingerprint density at radius 3 is 2.30 bits per heavy atom. The normalized spacial score (nSPS) is 15.1. The quantitative estimate of drug-likeness (QED) is 0.886. The van der Waals surface area contributed by atoms with Crippen LogP contribution < -0.4 is 10.6 Å². The highest BCUT2D eigenvalue weighted by Crippen LogP contribution is 2.19. The van der Waals surface area contributed by atoms with E-state index in [1.165, 1.54) is 5.56 Å². The van der Waals surface area contributed by atoms with Crippen LogP contribution in [0.3, 0.4) is 0 Å². The van der Waals surface area contributed by atoms with Crippen molar-refractivity contribution in [3.05, 3.63) is 60.2 Å². The first-order valence-electron chi connectivity index (χ1n) is 8.08. The van der Waals surface area contributed by atoms with Gasteiger partial charge in [-0.1, -0.05) is 30.3 Å².